The number of rotatable bonds is 1. The van der Waals surface area contributed by atoms with Crippen LogP contribution >= 0.6 is 0 Å². The van der Waals surface area contributed by atoms with Crippen molar-refractivity contribution in [1.82, 2.24) is 4.57 Å². The van der Waals surface area contributed by atoms with Crippen LogP contribution in [0.15, 0.2) is 130 Å². The Labute approximate surface area is 415 Å². The van der Waals surface area contributed by atoms with Crippen LogP contribution in [0.1, 0.15) is 133 Å². The van der Waals surface area contributed by atoms with Crippen molar-refractivity contribution in [2.75, 3.05) is 9.80 Å². The maximum absolute atomic E-state index is 10.7. The minimum Gasteiger partial charge on any atom is -0.468 e. The van der Waals surface area contributed by atoms with E-state index in [1.165, 1.54) is 14.4 Å². The lowest BCUT2D eigenvalue weighted by Crippen LogP contribution is -2.61. The highest BCUT2D eigenvalue weighted by Gasteiger charge is 2.49. The molecule has 0 bridgehead atoms. The summed E-state index contributed by atoms with van der Waals surface area (Å²) in [6.45, 7) is 19.8. The molecule has 0 atom stereocenters. The van der Waals surface area contributed by atoms with Gasteiger partial charge in [0, 0.05) is 44.0 Å². The van der Waals surface area contributed by atoms with Gasteiger partial charge in [0.1, 0.15) is 16.7 Å². The molecule has 326 valence electrons. The molecule has 6 heteroatoms. The van der Waals surface area contributed by atoms with Crippen LogP contribution in [0.3, 0.4) is 0 Å². The van der Waals surface area contributed by atoms with E-state index in [1.807, 2.05) is 20.8 Å². The quantitative estimate of drug-likeness (QED) is 0.154. The number of aromatic nitrogens is 1. The molecule has 0 saturated heterocycles. The summed E-state index contributed by atoms with van der Waals surface area (Å²) in [5.74, 6) is 0. The fourth-order valence-electron chi connectivity index (χ4n) is 9.62. The summed E-state index contributed by atoms with van der Waals surface area (Å²) in [6.07, 6.45) is 0. The minimum absolute atomic E-state index is 0.0217. The average molecular weight is 882 g/mol. The lowest BCUT2D eigenvalue weighted by Gasteiger charge is -2.45. The molecule has 0 N–H and O–H groups in total. The number of para-hydroxylation sites is 2. The molecule has 0 fully saturated rings. The number of hydrogen-bond donors (Lipinski definition) is 0. The first-order valence-corrected chi connectivity index (χ1v) is 22.2. The molecular weight excluding hydrogens is 805 g/mol. The molecule has 3 aliphatic heterocycles. The lowest BCUT2D eigenvalue weighted by atomic mass is 9.35. The molecular formula is C60H56BN3O2. The number of anilines is 6. The molecule has 0 spiro atoms. The van der Waals surface area contributed by atoms with Gasteiger partial charge in [0.05, 0.1) is 66.9 Å². The molecule has 0 radical (unpaired) electrons. The van der Waals surface area contributed by atoms with E-state index in [2.05, 4.69) is 0 Å². The van der Waals surface area contributed by atoms with Crippen molar-refractivity contribution >= 4 is 112 Å². The first-order valence-electron chi connectivity index (χ1n) is 32.2. The van der Waals surface area contributed by atoms with Gasteiger partial charge in [0.15, 0.2) is 0 Å². The van der Waals surface area contributed by atoms with Crippen LogP contribution in [-0.2, 0) is 21.7 Å². The van der Waals surface area contributed by atoms with E-state index in [0.717, 1.165) is 0 Å². The monoisotopic (exact) mass is 882 g/mol. The van der Waals surface area contributed by atoms with Crippen molar-refractivity contribution < 1.29 is 36.2 Å². The summed E-state index contributed by atoms with van der Waals surface area (Å²) in [5, 5.41) is -0.616. The standard InChI is InChI=1S/C60H56BN3O2/c1-57(2,3)33-20-23-44-39(26-33)41-28-35(59(7,8)9)31-48-53(41)63(44)45-18-15-17-43-55(45)64(48)47-30-36(60(10,11)12)29-46-52(47)61(43)56-54(42-27-34(58(4,5)6)21-24-51(42)66-56)62(46)37-22-25-50-40(32-37)38-16-13-14-19-49(38)65-50/h13-32H,1-12H3/i13D,14D,15D,16D,17D,18D,19D,20D,21D,22D,23D,24D,25D,26D,27D,28D,29D,30D,31D,32D. The van der Waals surface area contributed by atoms with Gasteiger partial charge in [0.25, 0.3) is 6.71 Å². The van der Waals surface area contributed by atoms with Gasteiger partial charge in [-0.15, -0.1) is 0 Å². The fourth-order valence-corrected chi connectivity index (χ4v) is 9.62. The van der Waals surface area contributed by atoms with E-state index in [9.17, 15) is 21.9 Å². The Bertz CT molecular complexity index is 4950. The van der Waals surface area contributed by atoms with Crippen molar-refractivity contribution in [1.29, 1.82) is 0 Å². The van der Waals surface area contributed by atoms with Crippen molar-refractivity contribution in [3.63, 3.8) is 0 Å². The Balaban J connectivity index is 1.35. The maximum atomic E-state index is 10.7. The molecule has 7 aromatic carbocycles. The first-order chi connectivity index (χ1) is 39.7. The van der Waals surface area contributed by atoms with E-state index < -0.39 is 118 Å². The summed E-state index contributed by atoms with van der Waals surface area (Å²) in [5.41, 5.74) is -6.54. The third-order valence-electron chi connectivity index (χ3n) is 13.0. The van der Waals surface area contributed by atoms with E-state index in [4.69, 9.17) is 14.3 Å². The van der Waals surface area contributed by atoms with Crippen molar-refractivity contribution in [3.05, 3.63) is 143 Å². The second kappa shape index (κ2) is 12.6. The molecule has 66 heavy (non-hydrogen) atoms. The number of hydrogen-bond acceptors (Lipinski definition) is 4. The highest BCUT2D eigenvalue weighted by Crippen LogP contribution is 2.55. The van der Waals surface area contributed by atoms with Crippen molar-refractivity contribution in [2.45, 2.75) is 105 Å². The predicted octanol–water partition coefficient (Wildman–Crippen LogP) is 15.0. The van der Waals surface area contributed by atoms with Gasteiger partial charge in [-0.2, -0.15) is 0 Å². The Morgan fingerprint density at radius 2 is 1.03 bits per heavy atom. The number of fused-ring (bicyclic) bond motifs is 14. The normalized spacial score (nSPS) is 18.8. The van der Waals surface area contributed by atoms with Crippen LogP contribution in [-0.4, -0.2) is 11.3 Å². The van der Waals surface area contributed by atoms with Gasteiger partial charge >= 0.3 is 0 Å². The van der Waals surface area contributed by atoms with Gasteiger partial charge < -0.3 is 23.2 Å². The molecule has 0 unspecified atom stereocenters. The summed E-state index contributed by atoms with van der Waals surface area (Å²) in [4.78, 5) is 2.79. The second-order valence-corrected chi connectivity index (χ2v) is 21.8. The molecule has 3 aromatic heterocycles. The fraction of sp³-hybridized carbons (Fsp3) is 0.267. The number of benzene rings is 7. The zero-order chi connectivity index (χ0) is 63.1. The highest BCUT2D eigenvalue weighted by atomic mass is 16.3. The SMILES string of the molecule is [2H]c1c([2H])c2c3c(c1[2H])-n1c4c([2H])c([2H])c(C(C)(C)C)c([2H])c4c4c([2H])c(C(C)(C)C)c([2H])c(c41)N3c1c([2H])c(C(C)(C)C)c([2H])c3c1B2c1oc2c([2H])c([2H])c(C(C)(C)C)c([2H])c2c1N3c1c([2H])c([2H])c2oc3c([2H])c([2H])c([2H])c([2H])c3c2c1[2H]. The summed E-state index contributed by atoms with van der Waals surface area (Å²) >= 11 is 0. The van der Waals surface area contributed by atoms with E-state index in [1.54, 1.807) is 62.3 Å². The summed E-state index contributed by atoms with van der Waals surface area (Å²) < 4.78 is 211. The van der Waals surface area contributed by atoms with Crippen molar-refractivity contribution in [3.8, 4) is 5.69 Å². The molecule has 0 amide bonds. The Hall–Kier alpha value is -6.66. The molecule has 13 rings (SSSR count). The maximum Gasteiger partial charge on any atom is 0.297 e. The Kier molecular flexibility index (Phi) is 4.63. The predicted molar refractivity (Wildman–Crippen MR) is 280 cm³/mol. The van der Waals surface area contributed by atoms with Gasteiger partial charge in [-0.25, -0.2) is 0 Å². The molecule has 10 aromatic rings. The van der Waals surface area contributed by atoms with Gasteiger partial charge in [-0.1, -0.05) is 125 Å². The zero-order valence-corrected chi connectivity index (χ0v) is 38.7. The van der Waals surface area contributed by atoms with Gasteiger partial charge in [-0.05, 0) is 133 Å². The number of furan rings is 2. The minimum atomic E-state index is -1.59. The second-order valence-electron chi connectivity index (χ2n) is 21.8. The molecule has 5 nitrogen and oxygen atoms in total. The summed E-state index contributed by atoms with van der Waals surface area (Å²) in [7, 11) is 0. The van der Waals surface area contributed by atoms with Gasteiger partial charge in [0.2, 0.25) is 0 Å². The van der Waals surface area contributed by atoms with E-state index >= 15 is 0 Å². The smallest absolute Gasteiger partial charge is 0.297 e. The van der Waals surface area contributed by atoms with Crippen LogP contribution in [0.2, 0.25) is 0 Å². The van der Waals surface area contributed by atoms with E-state index in [-0.39, 0.29) is 165 Å². The first kappa shape index (κ1) is 24.2. The molecule has 0 saturated carbocycles. The van der Waals surface area contributed by atoms with Crippen LogP contribution < -0.4 is 26.4 Å². The molecule has 0 aliphatic carbocycles. The number of nitrogens with zero attached hydrogens (tertiary/aromatic N) is 3. The van der Waals surface area contributed by atoms with Crippen LogP contribution in [0.5, 0.6) is 0 Å². The van der Waals surface area contributed by atoms with Crippen LogP contribution in [0.4, 0.5) is 34.1 Å². The van der Waals surface area contributed by atoms with Gasteiger partial charge in [-0.3, -0.25) is 0 Å². The third-order valence-corrected chi connectivity index (χ3v) is 13.0. The Morgan fingerprint density at radius 1 is 0.439 bits per heavy atom. The lowest BCUT2D eigenvalue weighted by molar-refractivity contribution is 0.590. The molecule has 3 aliphatic rings. The average Bonchev–Trinajstić information content (AvgIpc) is 1.25. The Morgan fingerprint density at radius 3 is 1.76 bits per heavy atom. The topological polar surface area (TPSA) is 37.7 Å². The summed E-state index contributed by atoms with van der Waals surface area (Å²) in [6, 6.07) is -9.68. The van der Waals surface area contributed by atoms with Crippen LogP contribution in [0.25, 0.3) is 60.4 Å². The van der Waals surface area contributed by atoms with Crippen LogP contribution in [0, 0.1) is 0 Å². The third kappa shape index (κ3) is 5.30. The largest absolute Gasteiger partial charge is 0.468 e. The highest BCUT2D eigenvalue weighted by molar-refractivity contribution is 7.00. The molecule has 6 heterocycles. The van der Waals surface area contributed by atoms with Crippen molar-refractivity contribution in [2.24, 2.45) is 0 Å². The zero-order valence-electron chi connectivity index (χ0n) is 58.7. The van der Waals surface area contributed by atoms with E-state index in [0.29, 0.717) is 0 Å².